The van der Waals surface area contributed by atoms with Crippen LogP contribution in [0.15, 0.2) is 55.0 Å². The number of pyridine rings is 2. The lowest BCUT2D eigenvalue weighted by molar-refractivity contribution is -0.0489. The molecule has 0 saturated carbocycles. The van der Waals surface area contributed by atoms with Crippen molar-refractivity contribution < 1.29 is 18.3 Å². The highest BCUT2D eigenvalue weighted by Crippen LogP contribution is 2.31. The zero-order valence-electron chi connectivity index (χ0n) is 15.5. The number of hydrogen-bond acceptors (Lipinski definition) is 5. The third-order valence-electron chi connectivity index (χ3n) is 4.79. The molecule has 1 aromatic carbocycles. The molecule has 0 radical (unpaired) electrons. The Labute approximate surface area is 165 Å². The van der Waals surface area contributed by atoms with Gasteiger partial charge in [-0.05, 0) is 36.4 Å². The fraction of sp³-hybridized carbons (Fsp3) is 0.250. The van der Waals surface area contributed by atoms with Crippen LogP contribution < -0.4 is 15.0 Å². The van der Waals surface area contributed by atoms with Gasteiger partial charge in [-0.25, -0.2) is 4.79 Å². The molecule has 1 aliphatic heterocycles. The Bertz CT molecular complexity index is 995. The summed E-state index contributed by atoms with van der Waals surface area (Å²) in [5.74, 6) is -0.0282. The Balaban J connectivity index is 1.46. The Morgan fingerprint density at radius 1 is 1.03 bits per heavy atom. The van der Waals surface area contributed by atoms with E-state index in [4.69, 9.17) is 0 Å². The Kier molecular flexibility index (Phi) is 5.37. The smallest absolute Gasteiger partial charge is 0.387 e. The van der Waals surface area contributed by atoms with Crippen LogP contribution in [0.1, 0.15) is 0 Å². The maximum absolute atomic E-state index is 12.7. The summed E-state index contributed by atoms with van der Waals surface area (Å²) in [6.45, 7) is -0.396. The number of piperazine rings is 1. The van der Waals surface area contributed by atoms with Crippen molar-refractivity contribution in [1.82, 2.24) is 14.9 Å². The average molecular weight is 399 g/mol. The maximum atomic E-state index is 12.7. The fourth-order valence-corrected chi connectivity index (χ4v) is 3.36. The standard InChI is InChI=1S/C20H19F2N5O2/c21-19(22)29-17-4-3-16(15-2-1-7-24-18(15)17)25-20(28)27-12-10-26(11-13-27)14-5-8-23-9-6-14/h1-9,19H,10-13H2,(H,25,28). The summed E-state index contributed by atoms with van der Waals surface area (Å²) in [5.41, 5.74) is 1.84. The number of amides is 2. The Morgan fingerprint density at radius 2 is 1.79 bits per heavy atom. The van der Waals surface area contributed by atoms with Crippen molar-refractivity contribution in [1.29, 1.82) is 0 Å². The highest BCUT2D eigenvalue weighted by molar-refractivity contribution is 6.02. The van der Waals surface area contributed by atoms with Crippen LogP contribution in [0, 0.1) is 0 Å². The number of urea groups is 1. The van der Waals surface area contributed by atoms with Crippen molar-refractivity contribution in [2.75, 3.05) is 36.4 Å². The third kappa shape index (κ3) is 4.18. The number of nitrogens with zero attached hydrogens (tertiary/aromatic N) is 4. The first kappa shape index (κ1) is 18.9. The Morgan fingerprint density at radius 3 is 2.52 bits per heavy atom. The molecular formula is C20H19F2N5O2. The molecule has 0 aliphatic carbocycles. The predicted octanol–water partition coefficient (Wildman–Crippen LogP) is 3.59. The van der Waals surface area contributed by atoms with E-state index in [1.54, 1.807) is 35.5 Å². The number of halogens is 2. The molecule has 4 rings (SSSR count). The molecule has 0 bridgehead atoms. The summed E-state index contributed by atoms with van der Waals surface area (Å²) in [6, 6.07) is 9.96. The molecule has 1 saturated heterocycles. The lowest BCUT2D eigenvalue weighted by Gasteiger charge is -2.36. The first-order valence-corrected chi connectivity index (χ1v) is 9.15. The molecule has 9 heteroatoms. The van der Waals surface area contributed by atoms with Gasteiger partial charge in [-0.3, -0.25) is 9.97 Å². The van der Waals surface area contributed by atoms with E-state index in [2.05, 4.69) is 24.9 Å². The van der Waals surface area contributed by atoms with Gasteiger partial charge in [0.25, 0.3) is 0 Å². The topological polar surface area (TPSA) is 70.6 Å². The summed E-state index contributed by atoms with van der Waals surface area (Å²) in [6.07, 6.45) is 4.98. The SMILES string of the molecule is O=C(Nc1ccc(OC(F)F)c2ncccc12)N1CCN(c2ccncc2)CC1. The molecule has 1 aliphatic rings. The lowest BCUT2D eigenvalue weighted by atomic mass is 10.1. The molecule has 7 nitrogen and oxygen atoms in total. The van der Waals surface area contributed by atoms with Crippen LogP contribution in [0.4, 0.5) is 25.0 Å². The number of hydrogen-bond donors (Lipinski definition) is 1. The van der Waals surface area contributed by atoms with Crippen LogP contribution in [-0.4, -0.2) is 53.7 Å². The zero-order valence-corrected chi connectivity index (χ0v) is 15.5. The average Bonchev–Trinajstić information content (AvgIpc) is 2.76. The number of fused-ring (bicyclic) bond motifs is 1. The van der Waals surface area contributed by atoms with Crippen LogP contribution in [0.3, 0.4) is 0 Å². The van der Waals surface area contributed by atoms with E-state index in [0.717, 1.165) is 5.69 Å². The second-order valence-electron chi connectivity index (χ2n) is 6.50. The number of nitrogens with one attached hydrogen (secondary N) is 1. The van der Waals surface area contributed by atoms with Gasteiger partial charge >= 0.3 is 12.6 Å². The summed E-state index contributed by atoms with van der Waals surface area (Å²) in [4.78, 5) is 24.8. The van der Waals surface area contributed by atoms with E-state index < -0.39 is 6.61 Å². The van der Waals surface area contributed by atoms with E-state index in [1.807, 2.05) is 12.1 Å². The second kappa shape index (κ2) is 8.26. The van der Waals surface area contributed by atoms with Gasteiger partial charge < -0.3 is 19.9 Å². The molecule has 0 unspecified atom stereocenters. The van der Waals surface area contributed by atoms with Gasteiger partial charge in [0, 0.05) is 55.8 Å². The Hall–Kier alpha value is -3.49. The monoisotopic (exact) mass is 399 g/mol. The highest BCUT2D eigenvalue weighted by Gasteiger charge is 2.22. The van der Waals surface area contributed by atoms with Crippen molar-refractivity contribution in [2.45, 2.75) is 6.61 Å². The van der Waals surface area contributed by atoms with Gasteiger partial charge in [-0.2, -0.15) is 8.78 Å². The first-order chi connectivity index (χ1) is 14.1. The number of rotatable bonds is 4. The molecule has 2 amide bonds. The number of alkyl halides is 2. The van der Waals surface area contributed by atoms with Gasteiger partial charge in [0.05, 0.1) is 5.69 Å². The molecular weight excluding hydrogens is 380 g/mol. The summed E-state index contributed by atoms with van der Waals surface area (Å²) >= 11 is 0. The number of carbonyl (C=O) groups excluding carboxylic acids is 1. The maximum Gasteiger partial charge on any atom is 0.387 e. The van der Waals surface area contributed by atoms with Crippen molar-refractivity contribution in [3.63, 3.8) is 0 Å². The summed E-state index contributed by atoms with van der Waals surface area (Å²) in [7, 11) is 0. The largest absolute Gasteiger partial charge is 0.432 e. The number of carbonyl (C=O) groups is 1. The van der Waals surface area contributed by atoms with Gasteiger partial charge in [0.1, 0.15) is 5.52 Å². The van der Waals surface area contributed by atoms with Crippen molar-refractivity contribution in [3.05, 3.63) is 55.0 Å². The molecule has 3 aromatic rings. The van der Waals surface area contributed by atoms with Crippen LogP contribution in [-0.2, 0) is 0 Å². The van der Waals surface area contributed by atoms with Crippen molar-refractivity contribution in [3.8, 4) is 5.75 Å². The normalized spacial score (nSPS) is 14.3. The molecule has 1 N–H and O–H groups in total. The van der Waals surface area contributed by atoms with E-state index in [-0.39, 0.29) is 17.3 Å². The number of anilines is 2. The minimum Gasteiger partial charge on any atom is -0.432 e. The van der Waals surface area contributed by atoms with Crippen LogP contribution in [0.2, 0.25) is 0 Å². The van der Waals surface area contributed by atoms with Gasteiger partial charge in [-0.15, -0.1) is 0 Å². The minimum absolute atomic E-state index is 0.0282. The fourth-order valence-electron chi connectivity index (χ4n) is 3.36. The molecule has 2 aromatic heterocycles. The number of ether oxygens (including phenoxy) is 1. The minimum atomic E-state index is -2.95. The number of aromatic nitrogens is 2. The second-order valence-corrected chi connectivity index (χ2v) is 6.50. The third-order valence-corrected chi connectivity index (χ3v) is 4.79. The quantitative estimate of drug-likeness (QED) is 0.726. The first-order valence-electron chi connectivity index (χ1n) is 9.15. The summed E-state index contributed by atoms with van der Waals surface area (Å²) in [5, 5.41) is 3.40. The van der Waals surface area contributed by atoms with E-state index in [9.17, 15) is 13.6 Å². The molecule has 29 heavy (non-hydrogen) atoms. The lowest BCUT2D eigenvalue weighted by Crippen LogP contribution is -2.50. The zero-order chi connectivity index (χ0) is 20.2. The van der Waals surface area contributed by atoms with E-state index in [1.165, 1.54) is 12.3 Å². The van der Waals surface area contributed by atoms with Crippen LogP contribution in [0.5, 0.6) is 5.75 Å². The van der Waals surface area contributed by atoms with E-state index >= 15 is 0 Å². The molecule has 3 heterocycles. The van der Waals surface area contributed by atoms with E-state index in [0.29, 0.717) is 37.3 Å². The van der Waals surface area contributed by atoms with Gasteiger partial charge in [0.2, 0.25) is 0 Å². The molecule has 150 valence electrons. The van der Waals surface area contributed by atoms with Crippen molar-refractivity contribution in [2.24, 2.45) is 0 Å². The number of benzene rings is 1. The van der Waals surface area contributed by atoms with Crippen LogP contribution in [0.25, 0.3) is 10.9 Å². The molecule has 0 spiro atoms. The molecule has 1 fully saturated rings. The van der Waals surface area contributed by atoms with Gasteiger partial charge in [0.15, 0.2) is 5.75 Å². The molecule has 0 atom stereocenters. The summed E-state index contributed by atoms with van der Waals surface area (Å²) < 4.78 is 29.8. The predicted molar refractivity (Wildman–Crippen MR) is 105 cm³/mol. The van der Waals surface area contributed by atoms with Crippen LogP contribution >= 0.6 is 0 Å². The highest BCUT2D eigenvalue weighted by atomic mass is 19.3. The van der Waals surface area contributed by atoms with Crippen molar-refractivity contribution >= 4 is 28.3 Å². The van der Waals surface area contributed by atoms with Gasteiger partial charge in [-0.1, -0.05) is 0 Å².